The lowest BCUT2D eigenvalue weighted by Gasteiger charge is -2.12. The lowest BCUT2D eigenvalue weighted by Crippen LogP contribution is -2.19. The van der Waals surface area contributed by atoms with E-state index in [1.54, 1.807) is 47.0 Å². The van der Waals surface area contributed by atoms with Gasteiger partial charge in [0, 0.05) is 11.1 Å². The number of carboxylic acids is 1. The minimum absolute atomic E-state index is 0.138. The van der Waals surface area contributed by atoms with Crippen molar-refractivity contribution in [2.24, 2.45) is 0 Å². The number of hydrogen-bond donors (Lipinski definition) is 3. The van der Waals surface area contributed by atoms with Crippen molar-refractivity contribution < 1.29 is 34.7 Å². The van der Waals surface area contributed by atoms with Crippen LogP contribution >= 0.6 is 0 Å². The number of carboxylic acid groups (broad SMARTS) is 1. The van der Waals surface area contributed by atoms with Gasteiger partial charge in [-0.2, -0.15) is 4.98 Å². The third kappa shape index (κ3) is 6.09. The summed E-state index contributed by atoms with van der Waals surface area (Å²) in [6, 6.07) is 27.0. The van der Waals surface area contributed by atoms with Gasteiger partial charge in [-0.05, 0) is 52.6 Å². The number of nitrogens with zero attached hydrogens (tertiary/aromatic N) is 7. The Labute approximate surface area is 261 Å². The van der Waals surface area contributed by atoms with Crippen LogP contribution in [0.2, 0.25) is 0 Å². The standard InChI is InChI=1S/C32H27N7O7/c1-2-45-32-33-27-13-7-12-26(31(41)42)28(27)37(32)18-20-14-16-21(17-15-20)23-9-5-6-11-25(23)29-34-36-38(35-29)30(40)24-10-4-3-8-22(24)19-46-39(43)44/h3-17,43-44H,2,18-19H2,1H3,(H,41,42). The van der Waals surface area contributed by atoms with Crippen LogP contribution in [0.25, 0.3) is 33.5 Å². The molecule has 0 amide bonds. The van der Waals surface area contributed by atoms with E-state index in [-0.39, 0.29) is 23.6 Å². The summed E-state index contributed by atoms with van der Waals surface area (Å²) < 4.78 is 7.51. The number of rotatable bonds is 11. The molecule has 0 aliphatic carbocycles. The summed E-state index contributed by atoms with van der Waals surface area (Å²) in [5.41, 5.74) is 4.94. The lowest BCUT2D eigenvalue weighted by molar-refractivity contribution is -0.497. The van der Waals surface area contributed by atoms with Crippen LogP contribution in [0.15, 0.2) is 91.0 Å². The van der Waals surface area contributed by atoms with Crippen LogP contribution in [0.1, 0.15) is 38.8 Å². The molecule has 0 bridgehead atoms. The molecule has 6 aromatic rings. The molecule has 0 saturated carbocycles. The van der Waals surface area contributed by atoms with Crippen LogP contribution in [-0.4, -0.2) is 69.2 Å². The van der Waals surface area contributed by atoms with Gasteiger partial charge in [-0.3, -0.25) is 19.8 Å². The number of aromatic nitrogens is 6. The average molecular weight is 622 g/mol. The predicted molar refractivity (Wildman–Crippen MR) is 162 cm³/mol. The fourth-order valence-electron chi connectivity index (χ4n) is 5.12. The number of fused-ring (bicyclic) bond motifs is 1. The first kappa shape index (κ1) is 30.2. The van der Waals surface area contributed by atoms with Crippen molar-refractivity contribution in [2.45, 2.75) is 20.1 Å². The van der Waals surface area contributed by atoms with Crippen LogP contribution in [-0.2, 0) is 18.0 Å². The minimum Gasteiger partial charge on any atom is -0.478 e. The van der Waals surface area contributed by atoms with E-state index >= 15 is 0 Å². The molecule has 46 heavy (non-hydrogen) atoms. The first-order valence-electron chi connectivity index (χ1n) is 14.1. The van der Waals surface area contributed by atoms with Crippen LogP contribution in [0.4, 0.5) is 0 Å². The fourth-order valence-corrected chi connectivity index (χ4v) is 5.12. The van der Waals surface area contributed by atoms with E-state index in [1.807, 2.05) is 55.5 Å². The summed E-state index contributed by atoms with van der Waals surface area (Å²) in [6.45, 7) is 2.27. The second-order valence-corrected chi connectivity index (χ2v) is 10.0. The summed E-state index contributed by atoms with van der Waals surface area (Å²) >= 11 is 0. The SMILES string of the molecule is CCOc1nc2cccc(C(=O)O)c2n1Cc1ccc(-c2ccccc2-c2nnn(C(=O)c3ccccc3CON(O)O)n2)cc1. The Morgan fingerprint density at radius 2 is 1.59 bits per heavy atom. The first-order valence-corrected chi connectivity index (χ1v) is 14.1. The molecule has 4 aromatic carbocycles. The Morgan fingerprint density at radius 3 is 2.33 bits per heavy atom. The maximum Gasteiger partial charge on any atom is 0.337 e. The minimum atomic E-state index is -1.05. The molecule has 0 spiro atoms. The summed E-state index contributed by atoms with van der Waals surface area (Å²) in [5.74, 6) is -1.40. The van der Waals surface area contributed by atoms with Crippen molar-refractivity contribution in [1.82, 2.24) is 35.1 Å². The Hall–Kier alpha value is -5.80. The molecule has 14 nitrogen and oxygen atoms in total. The van der Waals surface area contributed by atoms with Gasteiger partial charge >= 0.3 is 5.97 Å². The van der Waals surface area contributed by atoms with E-state index in [0.717, 1.165) is 21.5 Å². The zero-order valence-electron chi connectivity index (χ0n) is 24.4. The number of carbonyl (C=O) groups is 2. The number of hydrogen-bond acceptors (Lipinski definition) is 11. The van der Waals surface area contributed by atoms with Crippen LogP contribution in [0.5, 0.6) is 6.01 Å². The normalized spacial score (nSPS) is 11.3. The average Bonchev–Trinajstić information content (AvgIpc) is 3.69. The fraction of sp³-hybridized carbons (Fsp3) is 0.125. The second kappa shape index (κ2) is 13.1. The van der Waals surface area contributed by atoms with Crippen molar-refractivity contribution in [3.8, 4) is 28.5 Å². The highest BCUT2D eigenvalue weighted by Crippen LogP contribution is 2.31. The monoisotopic (exact) mass is 621 g/mol. The van der Waals surface area contributed by atoms with Crippen LogP contribution in [0, 0.1) is 0 Å². The highest BCUT2D eigenvalue weighted by Gasteiger charge is 2.21. The van der Waals surface area contributed by atoms with Gasteiger partial charge in [-0.1, -0.05) is 77.6 Å². The molecular weight excluding hydrogens is 594 g/mol. The Balaban J connectivity index is 1.28. The van der Waals surface area contributed by atoms with E-state index in [4.69, 9.17) is 15.2 Å². The third-order valence-corrected chi connectivity index (χ3v) is 7.19. The molecule has 232 valence electrons. The van der Waals surface area contributed by atoms with E-state index < -0.39 is 17.3 Å². The molecule has 3 N–H and O–H groups in total. The van der Waals surface area contributed by atoms with E-state index in [9.17, 15) is 14.7 Å². The summed E-state index contributed by atoms with van der Waals surface area (Å²) in [6.07, 6.45) is 0. The highest BCUT2D eigenvalue weighted by atomic mass is 17.1. The molecule has 0 atom stereocenters. The van der Waals surface area contributed by atoms with Crippen molar-refractivity contribution in [1.29, 1.82) is 0 Å². The van der Waals surface area contributed by atoms with Gasteiger partial charge in [-0.25, -0.2) is 9.63 Å². The number of imidazole rings is 1. The number of tetrazole rings is 1. The number of para-hydroxylation sites is 1. The quantitative estimate of drug-likeness (QED) is 0.170. The summed E-state index contributed by atoms with van der Waals surface area (Å²) in [7, 11) is 0. The van der Waals surface area contributed by atoms with Crippen molar-refractivity contribution in [3.63, 3.8) is 0 Å². The number of ether oxygens (including phenoxy) is 1. The highest BCUT2D eigenvalue weighted by molar-refractivity contribution is 6.01. The molecule has 2 aromatic heterocycles. The van der Waals surface area contributed by atoms with E-state index in [1.165, 1.54) is 0 Å². The Bertz CT molecular complexity index is 2040. The number of carbonyl (C=O) groups excluding carboxylic acids is 1. The molecule has 0 radical (unpaired) electrons. The van der Waals surface area contributed by atoms with Gasteiger partial charge in [0.25, 0.3) is 11.9 Å². The number of benzene rings is 4. The van der Waals surface area contributed by atoms with Gasteiger partial charge < -0.3 is 9.84 Å². The smallest absolute Gasteiger partial charge is 0.337 e. The lowest BCUT2D eigenvalue weighted by atomic mass is 9.98. The van der Waals surface area contributed by atoms with E-state index in [0.29, 0.717) is 41.3 Å². The van der Waals surface area contributed by atoms with Crippen LogP contribution < -0.4 is 4.74 Å². The second-order valence-electron chi connectivity index (χ2n) is 10.0. The van der Waals surface area contributed by atoms with Gasteiger partial charge in [0.15, 0.2) is 0 Å². The Morgan fingerprint density at radius 1 is 0.870 bits per heavy atom. The Kier molecular flexibility index (Phi) is 8.58. The molecule has 0 unspecified atom stereocenters. The number of aromatic carboxylic acids is 1. The molecule has 2 heterocycles. The zero-order chi connectivity index (χ0) is 32.2. The first-order chi connectivity index (χ1) is 22.3. The predicted octanol–water partition coefficient (Wildman–Crippen LogP) is 4.70. The maximum absolute atomic E-state index is 13.2. The molecule has 0 saturated heterocycles. The molecule has 14 heteroatoms. The van der Waals surface area contributed by atoms with Gasteiger partial charge in [0.1, 0.15) is 0 Å². The van der Waals surface area contributed by atoms with Crippen LogP contribution in [0.3, 0.4) is 0 Å². The zero-order valence-corrected chi connectivity index (χ0v) is 24.4. The third-order valence-electron chi connectivity index (χ3n) is 7.19. The molecule has 0 fully saturated rings. The molecule has 0 aliphatic heterocycles. The van der Waals surface area contributed by atoms with Crippen molar-refractivity contribution in [2.75, 3.05) is 6.61 Å². The maximum atomic E-state index is 13.2. The summed E-state index contributed by atoms with van der Waals surface area (Å²) in [5, 5.41) is 39.6. The molecular formula is C32H27N7O7. The molecule has 0 aliphatic rings. The van der Waals surface area contributed by atoms with Crippen molar-refractivity contribution >= 4 is 22.9 Å². The van der Waals surface area contributed by atoms with Gasteiger partial charge in [0.2, 0.25) is 5.82 Å². The van der Waals surface area contributed by atoms with Gasteiger partial charge in [0.05, 0.1) is 41.7 Å². The molecule has 6 rings (SSSR count). The van der Waals surface area contributed by atoms with E-state index in [2.05, 4.69) is 25.2 Å². The topological polar surface area (TPSA) is 178 Å². The van der Waals surface area contributed by atoms with Gasteiger partial charge in [-0.15, -0.1) is 10.2 Å². The summed E-state index contributed by atoms with van der Waals surface area (Å²) in [4.78, 5) is 35.3. The van der Waals surface area contributed by atoms with Crippen molar-refractivity contribution in [3.05, 3.63) is 113 Å². The largest absolute Gasteiger partial charge is 0.478 e.